The number of hydrogen-bond acceptors (Lipinski definition) is 2. The highest BCUT2D eigenvalue weighted by atomic mass is 79.9. The minimum atomic E-state index is -0.378. The molecule has 1 aromatic rings. The van der Waals surface area contributed by atoms with E-state index in [1.54, 1.807) is 0 Å². The summed E-state index contributed by atoms with van der Waals surface area (Å²) in [5, 5.41) is 0. The average Bonchev–Trinajstić information content (AvgIpc) is 2.96. The van der Waals surface area contributed by atoms with E-state index >= 15 is 0 Å². The third-order valence-electron chi connectivity index (χ3n) is 4.71. The molecule has 0 aromatic heterocycles. The summed E-state index contributed by atoms with van der Waals surface area (Å²) in [7, 11) is 0. The monoisotopic (exact) mass is 335 g/mol. The first-order chi connectivity index (χ1) is 9.53. The Kier molecular flexibility index (Phi) is 3.44. The Morgan fingerprint density at radius 1 is 1.25 bits per heavy atom. The van der Waals surface area contributed by atoms with E-state index in [4.69, 9.17) is 0 Å². The van der Waals surface area contributed by atoms with Crippen molar-refractivity contribution in [1.29, 1.82) is 0 Å². The smallest absolute Gasteiger partial charge is 0.236 e. The SMILES string of the molecule is CC(c1cccc(Br)c1)N1C(=O)CC2(CCCC2)C1=O. The number of halogens is 1. The fourth-order valence-electron chi connectivity index (χ4n) is 3.57. The molecular formula is C16H18BrNO2. The van der Waals surface area contributed by atoms with Crippen molar-refractivity contribution in [3.63, 3.8) is 0 Å². The summed E-state index contributed by atoms with van der Waals surface area (Å²) in [6, 6.07) is 7.64. The van der Waals surface area contributed by atoms with Gasteiger partial charge in [0.05, 0.1) is 11.5 Å². The molecule has 3 nitrogen and oxygen atoms in total. The number of nitrogens with zero attached hydrogens (tertiary/aromatic N) is 1. The summed E-state index contributed by atoms with van der Waals surface area (Å²) in [4.78, 5) is 26.6. The molecular weight excluding hydrogens is 318 g/mol. The summed E-state index contributed by atoms with van der Waals surface area (Å²) in [5.41, 5.74) is 0.619. The van der Waals surface area contributed by atoms with E-state index < -0.39 is 0 Å². The molecule has 1 aliphatic carbocycles. The Labute approximate surface area is 127 Å². The molecule has 20 heavy (non-hydrogen) atoms. The molecule has 1 atom stereocenters. The second-order valence-corrected chi connectivity index (χ2v) is 6.88. The van der Waals surface area contributed by atoms with Crippen LogP contribution in [0.1, 0.15) is 50.6 Å². The van der Waals surface area contributed by atoms with Crippen LogP contribution in [-0.4, -0.2) is 16.7 Å². The number of rotatable bonds is 2. The molecule has 1 unspecified atom stereocenters. The fraction of sp³-hybridized carbons (Fsp3) is 0.500. The first kappa shape index (κ1) is 13.8. The normalized spacial score (nSPS) is 22.8. The molecule has 0 N–H and O–H groups in total. The van der Waals surface area contributed by atoms with E-state index in [-0.39, 0.29) is 23.3 Å². The van der Waals surface area contributed by atoms with Crippen LogP contribution in [0.4, 0.5) is 0 Å². The van der Waals surface area contributed by atoms with Gasteiger partial charge in [-0.2, -0.15) is 0 Å². The van der Waals surface area contributed by atoms with Gasteiger partial charge in [0.25, 0.3) is 0 Å². The largest absolute Gasteiger partial charge is 0.275 e. The maximum Gasteiger partial charge on any atom is 0.236 e. The number of amides is 2. The number of imide groups is 1. The summed E-state index contributed by atoms with van der Waals surface area (Å²) in [5.74, 6) is 0.0388. The van der Waals surface area contributed by atoms with Gasteiger partial charge in [-0.25, -0.2) is 0 Å². The summed E-state index contributed by atoms with van der Waals surface area (Å²) in [6.07, 6.45) is 4.29. The van der Waals surface area contributed by atoms with Crippen molar-refractivity contribution >= 4 is 27.7 Å². The Morgan fingerprint density at radius 2 is 1.95 bits per heavy atom. The molecule has 106 valence electrons. The molecule has 1 saturated heterocycles. The van der Waals surface area contributed by atoms with E-state index in [2.05, 4.69) is 15.9 Å². The zero-order valence-electron chi connectivity index (χ0n) is 11.6. The Balaban J connectivity index is 1.90. The van der Waals surface area contributed by atoms with Crippen molar-refractivity contribution in [2.45, 2.75) is 45.1 Å². The lowest BCUT2D eigenvalue weighted by atomic mass is 9.84. The lowest BCUT2D eigenvalue weighted by molar-refractivity contribution is -0.143. The van der Waals surface area contributed by atoms with Crippen molar-refractivity contribution in [2.75, 3.05) is 0 Å². The molecule has 1 aliphatic heterocycles. The lowest BCUT2D eigenvalue weighted by Gasteiger charge is -2.26. The van der Waals surface area contributed by atoms with Gasteiger partial charge in [0, 0.05) is 10.9 Å². The van der Waals surface area contributed by atoms with Crippen LogP contribution in [0.2, 0.25) is 0 Å². The van der Waals surface area contributed by atoms with Gasteiger partial charge in [0.1, 0.15) is 0 Å². The second kappa shape index (κ2) is 4.99. The average molecular weight is 336 g/mol. The zero-order valence-corrected chi connectivity index (χ0v) is 13.1. The first-order valence-corrected chi connectivity index (χ1v) is 7.95. The summed E-state index contributed by atoms with van der Waals surface area (Å²) >= 11 is 3.44. The molecule has 1 spiro atoms. The van der Waals surface area contributed by atoms with Crippen LogP contribution >= 0.6 is 15.9 Å². The highest BCUT2D eigenvalue weighted by molar-refractivity contribution is 9.10. The van der Waals surface area contributed by atoms with Crippen molar-refractivity contribution in [1.82, 2.24) is 4.90 Å². The predicted molar refractivity (Wildman–Crippen MR) is 79.9 cm³/mol. The van der Waals surface area contributed by atoms with Crippen molar-refractivity contribution in [3.05, 3.63) is 34.3 Å². The lowest BCUT2D eigenvalue weighted by Crippen LogP contribution is -2.36. The Hall–Kier alpha value is -1.16. The quantitative estimate of drug-likeness (QED) is 0.770. The molecule has 2 fully saturated rings. The molecule has 3 rings (SSSR count). The van der Waals surface area contributed by atoms with Gasteiger partial charge in [-0.3, -0.25) is 14.5 Å². The van der Waals surface area contributed by atoms with Crippen LogP contribution in [0.25, 0.3) is 0 Å². The van der Waals surface area contributed by atoms with Gasteiger partial charge < -0.3 is 0 Å². The molecule has 4 heteroatoms. The second-order valence-electron chi connectivity index (χ2n) is 5.96. The van der Waals surface area contributed by atoms with E-state index in [1.165, 1.54) is 4.90 Å². The van der Waals surface area contributed by atoms with Crippen LogP contribution in [0.3, 0.4) is 0 Å². The minimum Gasteiger partial charge on any atom is -0.275 e. The third-order valence-corrected chi connectivity index (χ3v) is 5.20. The molecule has 2 aliphatic rings. The molecule has 1 saturated carbocycles. The number of hydrogen-bond donors (Lipinski definition) is 0. The highest BCUT2D eigenvalue weighted by Crippen LogP contribution is 2.48. The molecule has 0 bridgehead atoms. The highest BCUT2D eigenvalue weighted by Gasteiger charge is 2.53. The number of carbonyl (C=O) groups is 2. The van der Waals surface area contributed by atoms with E-state index in [0.29, 0.717) is 6.42 Å². The van der Waals surface area contributed by atoms with E-state index in [9.17, 15) is 9.59 Å². The predicted octanol–water partition coefficient (Wildman–Crippen LogP) is 3.83. The third kappa shape index (κ3) is 2.10. The molecule has 1 heterocycles. The van der Waals surface area contributed by atoms with Crippen LogP contribution in [0.15, 0.2) is 28.7 Å². The van der Waals surface area contributed by atoms with Crippen LogP contribution in [0.5, 0.6) is 0 Å². The maximum absolute atomic E-state index is 12.7. The van der Waals surface area contributed by atoms with Crippen LogP contribution in [-0.2, 0) is 9.59 Å². The number of likely N-dealkylation sites (tertiary alicyclic amines) is 1. The van der Waals surface area contributed by atoms with Crippen LogP contribution < -0.4 is 0 Å². The van der Waals surface area contributed by atoms with Crippen molar-refractivity contribution in [2.24, 2.45) is 5.41 Å². The maximum atomic E-state index is 12.7. The van der Waals surface area contributed by atoms with E-state index in [0.717, 1.165) is 35.7 Å². The Morgan fingerprint density at radius 3 is 2.60 bits per heavy atom. The molecule has 1 aromatic carbocycles. The molecule has 0 radical (unpaired) electrons. The standard InChI is InChI=1S/C16H18BrNO2/c1-11(12-5-4-6-13(17)9-12)18-14(19)10-16(15(18)20)7-2-3-8-16/h4-6,9,11H,2-3,7-8,10H2,1H3. The summed E-state index contributed by atoms with van der Waals surface area (Å²) < 4.78 is 0.969. The molecule has 2 amide bonds. The van der Waals surface area contributed by atoms with Crippen molar-refractivity contribution in [3.8, 4) is 0 Å². The van der Waals surface area contributed by atoms with Crippen molar-refractivity contribution < 1.29 is 9.59 Å². The summed E-state index contributed by atoms with van der Waals surface area (Å²) in [6.45, 7) is 1.94. The zero-order chi connectivity index (χ0) is 14.3. The Bertz CT molecular complexity index is 563. The van der Waals surface area contributed by atoms with Gasteiger partial charge >= 0.3 is 0 Å². The van der Waals surface area contributed by atoms with Gasteiger partial charge in [-0.1, -0.05) is 40.9 Å². The van der Waals surface area contributed by atoms with Gasteiger partial charge in [0.15, 0.2) is 0 Å². The fourth-order valence-corrected chi connectivity index (χ4v) is 3.99. The van der Waals surface area contributed by atoms with E-state index in [1.807, 2.05) is 31.2 Å². The van der Waals surface area contributed by atoms with Gasteiger partial charge in [-0.05, 0) is 37.5 Å². The number of carbonyl (C=O) groups excluding carboxylic acids is 2. The minimum absolute atomic E-state index is 0.00984. The van der Waals surface area contributed by atoms with Crippen LogP contribution in [0, 0.1) is 5.41 Å². The van der Waals surface area contributed by atoms with Gasteiger partial charge in [-0.15, -0.1) is 0 Å². The first-order valence-electron chi connectivity index (χ1n) is 7.15. The number of benzene rings is 1. The topological polar surface area (TPSA) is 37.4 Å². The van der Waals surface area contributed by atoms with Gasteiger partial charge in [0.2, 0.25) is 11.8 Å².